The average Bonchev–Trinajstić information content (AvgIpc) is 2.67. The van der Waals surface area contributed by atoms with Crippen molar-refractivity contribution in [3.8, 4) is 5.75 Å². The Morgan fingerprint density at radius 3 is 1.83 bits per heavy atom. The van der Waals surface area contributed by atoms with Gasteiger partial charge in [-0.25, -0.2) is 0 Å². The van der Waals surface area contributed by atoms with E-state index in [0.29, 0.717) is 18.2 Å². The van der Waals surface area contributed by atoms with Gasteiger partial charge in [-0.15, -0.1) is 0 Å². The van der Waals surface area contributed by atoms with Gasteiger partial charge in [0.25, 0.3) is 17.1 Å². The van der Waals surface area contributed by atoms with Crippen molar-refractivity contribution in [1.82, 2.24) is 0 Å². The molecule has 0 radical (unpaired) electrons. The molecule has 0 aliphatic rings. The van der Waals surface area contributed by atoms with Crippen molar-refractivity contribution in [2.24, 2.45) is 0 Å². The second-order valence-corrected chi connectivity index (χ2v) is 6.05. The molecule has 3 aromatic rings. The molecule has 3 rings (SSSR count). The van der Waals surface area contributed by atoms with Crippen molar-refractivity contribution < 1.29 is 25.6 Å². The van der Waals surface area contributed by atoms with Gasteiger partial charge in [0.05, 0.1) is 32.7 Å². The van der Waals surface area contributed by atoms with Crippen molar-refractivity contribution in [3.63, 3.8) is 0 Å². The molecule has 0 saturated heterocycles. The highest BCUT2D eigenvalue weighted by molar-refractivity contribution is 5.85. The van der Waals surface area contributed by atoms with Crippen LogP contribution < -0.4 is 10.8 Å². The third-order valence-corrected chi connectivity index (χ3v) is 3.99. The van der Waals surface area contributed by atoms with Gasteiger partial charge in [0.2, 0.25) is 0 Å². The topological polar surface area (TPSA) is 180 Å². The number of nitrogens with zero attached hydrogens (tertiary/aromatic N) is 3. The molecule has 0 aliphatic carbocycles. The van der Waals surface area contributed by atoms with E-state index in [9.17, 15) is 35.4 Å². The quantitative estimate of drug-likeness (QED) is 0.516. The highest BCUT2D eigenvalue weighted by Crippen LogP contribution is 2.36. The maximum atomic E-state index is 11.1. The molecule has 0 aromatic heterocycles. The molecule has 29 heavy (non-hydrogen) atoms. The highest BCUT2D eigenvalue weighted by Gasteiger charge is 2.24. The van der Waals surface area contributed by atoms with Crippen LogP contribution in [0.3, 0.4) is 0 Å². The van der Waals surface area contributed by atoms with Crippen LogP contribution in [0, 0.1) is 30.3 Å². The van der Waals surface area contributed by atoms with Crippen LogP contribution in [0.15, 0.2) is 54.6 Å². The van der Waals surface area contributed by atoms with Crippen LogP contribution in [0.5, 0.6) is 5.75 Å². The van der Waals surface area contributed by atoms with E-state index in [1.54, 1.807) is 0 Å². The van der Waals surface area contributed by atoms with Crippen LogP contribution in [0.2, 0.25) is 0 Å². The summed E-state index contributed by atoms with van der Waals surface area (Å²) in [4.78, 5) is 27.5. The van der Waals surface area contributed by atoms with Gasteiger partial charge in [-0.05, 0) is 17.7 Å². The molecular weight excluding hydrogens is 384 g/mol. The van der Waals surface area contributed by atoms with E-state index in [1.807, 2.05) is 0 Å². The zero-order valence-corrected chi connectivity index (χ0v) is 15.2. The van der Waals surface area contributed by atoms with Crippen LogP contribution >= 0.6 is 0 Å². The van der Waals surface area contributed by atoms with Crippen LogP contribution in [0.4, 0.5) is 17.1 Å². The van der Waals surface area contributed by atoms with Crippen molar-refractivity contribution >= 4 is 27.8 Å². The number of rotatable bonds is 4. The fourth-order valence-electron chi connectivity index (χ4n) is 2.64. The minimum Gasteiger partial charge on any atom is -0.863 e. The zero-order valence-electron chi connectivity index (χ0n) is 15.2. The summed E-state index contributed by atoms with van der Waals surface area (Å²) in [7, 11) is 0. The summed E-state index contributed by atoms with van der Waals surface area (Å²) in [6.45, 7) is 2.13. The molecule has 1 atom stereocenters. The predicted octanol–water partition coefficient (Wildman–Crippen LogP) is 2.63. The van der Waals surface area contributed by atoms with Crippen molar-refractivity contribution in [2.75, 3.05) is 0 Å². The Bertz CT molecular complexity index is 1060. The number of nitro benzene ring substituents is 3. The summed E-state index contributed by atoms with van der Waals surface area (Å²) in [6.07, 6.45) is 0. The number of quaternary nitrogens is 1. The Balaban J connectivity index is 0.000000211. The van der Waals surface area contributed by atoms with Gasteiger partial charge in [0.15, 0.2) is 0 Å². The van der Waals surface area contributed by atoms with Gasteiger partial charge >= 0.3 is 0 Å². The zero-order chi connectivity index (χ0) is 21.7. The van der Waals surface area contributed by atoms with Gasteiger partial charge in [-0.2, -0.15) is 0 Å². The molecule has 0 aliphatic heterocycles. The lowest BCUT2D eigenvalue weighted by Crippen LogP contribution is -2.51. The third-order valence-electron chi connectivity index (χ3n) is 3.99. The van der Waals surface area contributed by atoms with Gasteiger partial charge in [-0.1, -0.05) is 42.5 Å². The fraction of sp³-hybridized carbons (Fsp3) is 0.111. The standard InChI is InChI=1S/C12H13N.C6H3N3O7/c1-9(13)11-8-4-6-10-5-2-3-7-12(10)11;10-6-4(8(13)14)1-3(7(11)12)2-5(6)9(15)16/h2-9H,13H2,1H3;1-2,10H/t9-;/m0./s1. The lowest BCUT2D eigenvalue weighted by molar-refractivity contribution is -0.420. The van der Waals surface area contributed by atoms with E-state index < -0.39 is 37.6 Å². The Labute approximate surface area is 163 Å². The number of hydrogen-bond acceptors (Lipinski definition) is 7. The first-order valence-corrected chi connectivity index (χ1v) is 8.22. The first kappa shape index (κ1) is 21.2. The number of non-ortho nitro benzene ring substituents is 1. The minimum atomic E-state index is -1.46. The van der Waals surface area contributed by atoms with E-state index >= 15 is 0 Å². The Hall–Kier alpha value is -4.12. The fourth-order valence-corrected chi connectivity index (χ4v) is 2.64. The van der Waals surface area contributed by atoms with Crippen molar-refractivity contribution in [3.05, 3.63) is 90.5 Å². The minimum absolute atomic E-state index is 0.353. The van der Waals surface area contributed by atoms with Gasteiger partial charge < -0.3 is 10.8 Å². The lowest BCUT2D eigenvalue weighted by atomic mass is 10.0. The molecule has 0 unspecified atom stereocenters. The monoisotopic (exact) mass is 400 g/mol. The Kier molecular flexibility index (Phi) is 6.36. The van der Waals surface area contributed by atoms with Crippen LogP contribution in [0.25, 0.3) is 10.8 Å². The maximum absolute atomic E-state index is 11.1. The number of hydrogen-bond donors (Lipinski definition) is 1. The molecule has 11 heteroatoms. The molecule has 0 heterocycles. The normalized spacial score (nSPS) is 11.2. The molecule has 150 valence electrons. The smallest absolute Gasteiger partial charge is 0.283 e. The van der Waals surface area contributed by atoms with E-state index in [1.165, 1.54) is 16.3 Å². The molecular formula is C18H16N4O7. The highest BCUT2D eigenvalue weighted by atomic mass is 16.6. The summed E-state index contributed by atoms with van der Waals surface area (Å²) in [6, 6.07) is 16.0. The molecule has 0 saturated carbocycles. The summed E-state index contributed by atoms with van der Waals surface area (Å²) >= 11 is 0. The predicted molar refractivity (Wildman–Crippen MR) is 101 cm³/mol. The Morgan fingerprint density at radius 1 is 0.828 bits per heavy atom. The Morgan fingerprint density at radius 2 is 1.34 bits per heavy atom. The SMILES string of the molecule is C[C@H]([NH3+])c1cccc2ccccc12.O=[N+]([O-])c1cc([N+](=O)[O-])c([O-])c([N+](=O)[O-])c1. The number of nitro groups is 3. The average molecular weight is 400 g/mol. The summed E-state index contributed by atoms with van der Waals surface area (Å²) in [5.74, 6) is -1.46. The first-order valence-electron chi connectivity index (χ1n) is 8.22. The summed E-state index contributed by atoms with van der Waals surface area (Å²) in [5, 5.41) is 44.7. The largest absolute Gasteiger partial charge is 0.863 e. The number of benzene rings is 3. The van der Waals surface area contributed by atoms with E-state index in [4.69, 9.17) is 0 Å². The molecule has 0 bridgehead atoms. The van der Waals surface area contributed by atoms with Gasteiger partial charge in [-0.3, -0.25) is 30.3 Å². The summed E-state index contributed by atoms with van der Waals surface area (Å²) < 4.78 is 0. The van der Waals surface area contributed by atoms with Gasteiger partial charge in [0, 0.05) is 5.56 Å². The van der Waals surface area contributed by atoms with Crippen LogP contribution in [-0.2, 0) is 0 Å². The lowest BCUT2D eigenvalue weighted by Gasteiger charge is -2.06. The number of fused-ring (bicyclic) bond motifs is 1. The van der Waals surface area contributed by atoms with Crippen LogP contribution in [-0.4, -0.2) is 14.8 Å². The molecule has 0 fully saturated rings. The molecule has 11 nitrogen and oxygen atoms in total. The molecule has 3 aromatic carbocycles. The second-order valence-electron chi connectivity index (χ2n) is 6.05. The van der Waals surface area contributed by atoms with Gasteiger partial charge in [0.1, 0.15) is 6.04 Å². The summed E-state index contributed by atoms with van der Waals surface area (Å²) in [5.41, 5.74) is 2.13. The van der Waals surface area contributed by atoms with Crippen LogP contribution in [0.1, 0.15) is 18.5 Å². The van der Waals surface area contributed by atoms with Crippen molar-refractivity contribution in [2.45, 2.75) is 13.0 Å². The second kappa shape index (κ2) is 8.71. The van der Waals surface area contributed by atoms with E-state index in [2.05, 4.69) is 55.1 Å². The maximum Gasteiger partial charge on any atom is 0.283 e. The molecule has 0 amide bonds. The van der Waals surface area contributed by atoms with E-state index in [0.717, 1.165) is 0 Å². The van der Waals surface area contributed by atoms with E-state index in [-0.39, 0.29) is 0 Å². The third kappa shape index (κ3) is 4.78. The first-order chi connectivity index (χ1) is 13.6. The molecule has 3 N–H and O–H groups in total. The molecule has 0 spiro atoms. The van der Waals surface area contributed by atoms with Crippen molar-refractivity contribution in [1.29, 1.82) is 0 Å².